The predicted octanol–water partition coefficient (Wildman–Crippen LogP) is 6.45. The van der Waals surface area contributed by atoms with E-state index >= 15 is 0 Å². The van der Waals surface area contributed by atoms with Crippen LogP contribution in [0.25, 0.3) is 5.57 Å². The van der Waals surface area contributed by atoms with E-state index < -0.39 is 0 Å². The summed E-state index contributed by atoms with van der Waals surface area (Å²) in [5, 5.41) is 0. The maximum Gasteiger partial charge on any atom is 0.135 e. The fraction of sp³-hybridized carbons (Fsp3) is 0.160. The van der Waals surface area contributed by atoms with E-state index in [1.165, 1.54) is 0 Å². The highest BCUT2D eigenvalue weighted by Gasteiger charge is 2.20. The summed E-state index contributed by atoms with van der Waals surface area (Å²) in [6, 6.07) is 6.05. The van der Waals surface area contributed by atoms with Crippen LogP contribution >= 0.6 is 12.2 Å². The quantitative estimate of drug-likeness (QED) is 0.231. The van der Waals surface area contributed by atoms with Crippen molar-refractivity contribution in [3.8, 4) is 5.75 Å². The highest BCUT2D eigenvalue weighted by Crippen LogP contribution is 2.37. The van der Waals surface area contributed by atoms with E-state index in [1.54, 1.807) is 12.3 Å². The molecule has 1 aromatic rings. The van der Waals surface area contributed by atoms with Gasteiger partial charge in [-0.15, -0.1) is 24.6 Å². The lowest BCUT2D eigenvalue weighted by Crippen LogP contribution is -2.27. The first-order chi connectivity index (χ1) is 13.5. The molecular weight excluding hydrogens is 362 g/mol. The Morgan fingerprint density at radius 3 is 2.57 bits per heavy atom. The van der Waals surface area contributed by atoms with Crippen molar-refractivity contribution in [3.05, 3.63) is 108 Å². The number of fused-ring (bicyclic) bond motifs is 1. The lowest BCUT2D eigenvalue weighted by atomic mass is 9.93. The van der Waals surface area contributed by atoms with Crippen molar-refractivity contribution in [2.75, 3.05) is 6.54 Å². The van der Waals surface area contributed by atoms with Gasteiger partial charge in [-0.25, -0.2) is 0 Å². The van der Waals surface area contributed by atoms with Gasteiger partial charge < -0.3 is 9.64 Å². The van der Waals surface area contributed by atoms with Crippen molar-refractivity contribution < 1.29 is 4.74 Å². The molecule has 0 saturated heterocycles. The molecule has 0 fully saturated rings. The average molecular weight is 388 g/mol. The lowest BCUT2D eigenvalue weighted by Gasteiger charge is -2.26. The number of hydrogen-bond donors (Lipinski definition) is 0. The third-order valence-electron chi connectivity index (χ3n) is 4.31. The van der Waals surface area contributed by atoms with Crippen molar-refractivity contribution in [2.24, 2.45) is 0 Å². The molecule has 2 rings (SSSR count). The SMILES string of the molecule is C=C=C1C(/C=C(\CC=C)C(=C=C)N(CC=C)C(C)=S)=COc2ccc(C)cc21. The van der Waals surface area contributed by atoms with E-state index in [0.717, 1.165) is 44.3 Å². The Bertz CT molecular complexity index is 980. The molecule has 1 aliphatic rings. The van der Waals surface area contributed by atoms with Crippen LogP contribution in [-0.2, 0) is 0 Å². The molecule has 0 N–H and O–H groups in total. The molecular formula is C25H25NOS. The summed E-state index contributed by atoms with van der Waals surface area (Å²) in [6.45, 7) is 20.0. The van der Waals surface area contributed by atoms with Gasteiger partial charge in [-0.2, -0.15) is 0 Å². The minimum atomic E-state index is 0.573. The fourth-order valence-corrected chi connectivity index (χ4v) is 3.21. The Morgan fingerprint density at radius 2 is 2.00 bits per heavy atom. The molecule has 0 bridgehead atoms. The Morgan fingerprint density at radius 1 is 1.25 bits per heavy atom. The van der Waals surface area contributed by atoms with E-state index in [9.17, 15) is 0 Å². The molecule has 0 radical (unpaired) electrons. The summed E-state index contributed by atoms with van der Waals surface area (Å²) in [6.07, 6.45) is 8.01. The molecule has 142 valence electrons. The summed E-state index contributed by atoms with van der Waals surface area (Å²) in [5.41, 5.74) is 11.7. The molecule has 3 heteroatoms. The first-order valence-electron chi connectivity index (χ1n) is 8.96. The molecule has 0 spiro atoms. The van der Waals surface area contributed by atoms with Gasteiger partial charge in [0.2, 0.25) is 0 Å². The van der Waals surface area contributed by atoms with Gasteiger partial charge in [0.05, 0.1) is 16.9 Å². The van der Waals surface area contributed by atoms with Crippen LogP contribution in [0, 0.1) is 6.92 Å². The van der Waals surface area contributed by atoms with Gasteiger partial charge in [-0.3, -0.25) is 0 Å². The lowest BCUT2D eigenvalue weighted by molar-refractivity contribution is 0.472. The topological polar surface area (TPSA) is 12.5 Å². The molecule has 0 aromatic heterocycles. The monoisotopic (exact) mass is 387 g/mol. The molecule has 0 aliphatic carbocycles. The van der Waals surface area contributed by atoms with Crippen LogP contribution in [0.2, 0.25) is 0 Å². The van der Waals surface area contributed by atoms with Gasteiger partial charge in [0, 0.05) is 23.3 Å². The van der Waals surface area contributed by atoms with Gasteiger partial charge in [0.15, 0.2) is 0 Å². The average Bonchev–Trinajstić information content (AvgIpc) is 2.67. The van der Waals surface area contributed by atoms with Gasteiger partial charge in [0.25, 0.3) is 0 Å². The molecule has 2 nitrogen and oxygen atoms in total. The molecule has 28 heavy (non-hydrogen) atoms. The third kappa shape index (κ3) is 4.60. The number of nitrogens with zero attached hydrogens (tertiary/aromatic N) is 1. The van der Waals surface area contributed by atoms with Crippen LogP contribution in [0.1, 0.15) is 24.5 Å². The second kappa shape index (κ2) is 9.73. The smallest absolute Gasteiger partial charge is 0.135 e. The van der Waals surface area contributed by atoms with Crippen LogP contribution < -0.4 is 4.74 Å². The maximum absolute atomic E-state index is 5.85. The summed E-state index contributed by atoms with van der Waals surface area (Å²) >= 11 is 5.41. The Labute approximate surface area is 173 Å². The number of aryl methyl sites for hydroxylation is 1. The third-order valence-corrected chi connectivity index (χ3v) is 4.53. The van der Waals surface area contributed by atoms with E-state index in [1.807, 2.05) is 43.0 Å². The second-order valence-corrected chi connectivity index (χ2v) is 6.94. The van der Waals surface area contributed by atoms with Crippen LogP contribution in [0.5, 0.6) is 5.75 Å². The molecule has 1 aliphatic heterocycles. The highest BCUT2D eigenvalue weighted by atomic mass is 32.1. The van der Waals surface area contributed by atoms with Crippen LogP contribution in [0.15, 0.2) is 97.3 Å². The van der Waals surface area contributed by atoms with E-state index in [0.29, 0.717) is 13.0 Å². The molecule has 1 aromatic carbocycles. The zero-order valence-corrected chi connectivity index (χ0v) is 17.4. The number of benzene rings is 1. The van der Waals surface area contributed by atoms with Crippen molar-refractivity contribution in [2.45, 2.75) is 20.3 Å². The van der Waals surface area contributed by atoms with Crippen LogP contribution in [-0.4, -0.2) is 16.4 Å². The number of ether oxygens (including phenoxy) is 1. The Kier molecular flexibility index (Phi) is 7.37. The van der Waals surface area contributed by atoms with Crippen LogP contribution in [0.4, 0.5) is 0 Å². The number of allylic oxidation sites excluding steroid dienone is 5. The molecule has 1 heterocycles. The van der Waals surface area contributed by atoms with Crippen molar-refractivity contribution in [1.29, 1.82) is 0 Å². The maximum atomic E-state index is 5.85. The van der Waals surface area contributed by atoms with Gasteiger partial charge in [0.1, 0.15) is 5.75 Å². The molecule has 0 atom stereocenters. The van der Waals surface area contributed by atoms with E-state index in [4.69, 9.17) is 17.0 Å². The number of rotatable bonds is 7. The standard InChI is InChI=1S/C25H25NOS/c1-7-11-20(24(10-4)26(14-8-2)19(6)28)16-21-17-27-25-13-12-18(5)15-23(25)22(21)9-3/h7-8,12-13,15-17H,1-4,11,14H2,5-6H3/b20-16+. The zero-order valence-electron chi connectivity index (χ0n) is 16.5. The molecule has 0 unspecified atom stereocenters. The molecule has 0 saturated carbocycles. The Balaban J connectivity index is 2.57. The summed E-state index contributed by atoms with van der Waals surface area (Å²) in [7, 11) is 0. The number of thiocarbonyl (C=S) groups is 1. The fourth-order valence-electron chi connectivity index (χ4n) is 3.04. The van der Waals surface area contributed by atoms with Gasteiger partial charge in [-0.1, -0.05) is 49.2 Å². The summed E-state index contributed by atoms with van der Waals surface area (Å²) in [5.74, 6) is 0.793. The van der Waals surface area contributed by atoms with Crippen molar-refractivity contribution in [1.82, 2.24) is 4.90 Å². The largest absolute Gasteiger partial charge is 0.464 e. The second-order valence-electron chi connectivity index (χ2n) is 6.35. The van der Waals surface area contributed by atoms with Crippen molar-refractivity contribution >= 4 is 22.8 Å². The minimum absolute atomic E-state index is 0.573. The first kappa shape index (κ1) is 21.2. The van der Waals surface area contributed by atoms with E-state index in [-0.39, 0.29) is 0 Å². The van der Waals surface area contributed by atoms with E-state index in [2.05, 4.69) is 43.8 Å². The predicted molar refractivity (Wildman–Crippen MR) is 123 cm³/mol. The normalized spacial score (nSPS) is 12.6. The first-order valence-corrected chi connectivity index (χ1v) is 9.36. The van der Waals surface area contributed by atoms with Crippen molar-refractivity contribution in [3.63, 3.8) is 0 Å². The number of hydrogen-bond acceptors (Lipinski definition) is 2. The molecule has 0 amide bonds. The zero-order chi connectivity index (χ0) is 20.7. The van der Waals surface area contributed by atoms with Gasteiger partial charge >= 0.3 is 0 Å². The Hall–Kier alpha value is -3.09. The summed E-state index contributed by atoms with van der Waals surface area (Å²) in [4.78, 5) is 2.67. The highest BCUT2D eigenvalue weighted by molar-refractivity contribution is 7.80. The summed E-state index contributed by atoms with van der Waals surface area (Å²) < 4.78 is 5.85. The van der Waals surface area contributed by atoms with Crippen LogP contribution in [0.3, 0.4) is 0 Å². The van der Waals surface area contributed by atoms with Gasteiger partial charge in [-0.05, 0) is 44.1 Å². The minimum Gasteiger partial charge on any atom is -0.464 e.